The Morgan fingerprint density at radius 2 is 2.22 bits per heavy atom. The second-order valence-corrected chi connectivity index (χ2v) is 4.63. The average Bonchev–Trinajstić information content (AvgIpc) is 2.87. The molecule has 2 heterocycles. The van der Waals surface area contributed by atoms with Crippen molar-refractivity contribution in [2.24, 2.45) is 5.73 Å². The molecule has 1 aliphatic heterocycles. The van der Waals surface area contributed by atoms with Gasteiger partial charge in [0.1, 0.15) is 6.54 Å². The largest absolute Gasteiger partial charge is 0.378 e. The molecule has 1 aromatic rings. The van der Waals surface area contributed by atoms with Gasteiger partial charge in [0.2, 0.25) is 5.91 Å². The number of rotatable bonds is 4. The highest BCUT2D eigenvalue weighted by atomic mass is 16.5. The predicted octanol–water partition coefficient (Wildman–Crippen LogP) is 0.757. The summed E-state index contributed by atoms with van der Waals surface area (Å²) >= 11 is 0. The summed E-state index contributed by atoms with van der Waals surface area (Å²) in [5.74, 6) is 0.144. The second-order valence-electron chi connectivity index (χ2n) is 4.63. The van der Waals surface area contributed by atoms with E-state index in [0.29, 0.717) is 32.8 Å². The van der Waals surface area contributed by atoms with Gasteiger partial charge in [-0.05, 0) is 18.1 Å². The highest BCUT2D eigenvalue weighted by molar-refractivity contribution is 5.76. The lowest BCUT2D eigenvalue weighted by Gasteiger charge is -2.26. The van der Waals surface area contributed by atoms with E-state index in [9.17, 15) is 4.79 Å². The Bertz CT molecular complexity index is 397. The minimum absolute atomic E-state index is 0.0599. The number of carbonyl (C=O) groups excluding carboxylic acids is 1. The van der Waals surface area contributed by atoms with Gasteiger partial charge in [0.25, 0.3) is 0 Å². The van der Waals surface area contributed by atoms with Crippen LogP contribution in [-0.2, 0) is 16.1 Å². The Labute approximate surface area is 108 Å². The maximum atomic E-state index is 12.0. The Balaban J connectivity index is 1.92. The Hall–Kier alpha value is -1.33. The first-order valence-electron chi connectivity index (χ1n) is 6.47. The molecule has 0 aliphatic carbocycles. The lowest BCUT2D eigenvalue weighted by Crippen LogP contribution is -2.42. The molecule has 2 N–H and O–H groups in total. The summed E-state index contributed by atoms with van der Waals surface area (Å²) < 4.78 is 7.14. The first-order chi connectivity index (χ1) is 8.70. The summed E-state index contributed by atoms with van der Waals surface area (Å²) in [6.45, 7) is 5.12. The molecule has 5 nitrogen and oxygen atoms in total. The van der Waals surface area contributed by atoms with Crippen LogP contribution in [0.15, 0.2) is 18.5 Å². The molecule has 2 rings (SSSR count). The standard InChI is InChI=1S/C13H21N3O2/c1-2-12(14)11-3-4-15(9-11)10-13(17)16-5-7-18-8-6-16/h3-4,9,12H,2,5-8,10,14H2,1H3. The zero-order chi connectivity index (χ0) is 13.0. The van der Waals surface area contributed by atoms with Crippen molar-refractivity contribution in [2.45, 2.75) is 25.9 Å². The lowest BCUT2D eigenvalue weighted by atomic mass is 10.1. The monoisotopic (exact) mass is 251 g/mol. The summed E-state index contributed by atoms with van der Waals surface area (Å²) in [4.78, 5) is 13.9. The van der Waals surface area contributed by atoms with Crippen molar-refractivity contribution >= 4 is 5.91 Å². The number of ether oxygens (including phenoxy) is 1. The van der Waals surface area contributed by atoms with Crippen molar-refractivity contribution in [3.05, 3.63) is 24.0 Å². The highest BCUT2D eigenvalue weighted by Crippen LogP contribution is 2.14. The van der Waals surface area contributed by atoms with Crippen LogP contribution < -0.4 is 5.73 Å². The van der Waals surface area contributed by atoms with Crippen molar-refractivity contribution in [1.82, 2.24) is 9.47 Å². The van der Waals surface area contributed by atoms with Crippen molar-refractivity contribution in [3.63, 3.8) is 0 Å². The third-order valence-electron chi connectivity index (χ3n) is 3.32. The van der Waals surface area contributed by atoms with Crippen LogP contribution in [0.5, 0.6) is 0 Å². The smallest absolute Gasteiger partial charge is 0.242 e. The van der Waals surface area contributed by atoms with Gasteiger partial charge in [0, 0.05) is 31.5 Å². The summed E-state index contributed by atoms with van der Waals surface area (Å²) in [7, 11) is 0. The van der Waals surface area contributed by atoms with E-state index < -0.39 is 0 Å². The third-order valence-corrected chi connectivity index (χ3v) is 3.32. The second kappa shape index (κ2) is 6.02. The van der Waals surface area contributed by atoms with E-state index in [1.807, 2.05) is 27.9 Å². The van der Waals surface area contributed by atoms with Crippen molar-refractivity contribution in [2.75, 3.05) is 26.3 Å². The molecule has 1 aromatic heterocycles. The van der Waals surface area contributed by atoms with Gasteiger partial charge in [-0.2, -0.15) is 0 Å². The molecule has 0 bridgehead atoms. The normalized spacial score (nSPS) is 17.8. The number of nitrogens with two attached hydrogens (primary N) is 1. The van der Waals surface area contributed by atoms with Gasteiger partial charge in [0.15, 0.2) is 0 Å². The fourth-order valence-corrected chi connectivity index (χ4v) is 2.08. The van der Waals surface area contributed by atoms with Gasteiger partial charge in [0.05, 0.1) is 13.2 Å². The molecular weight excluding hydrogens is 230 g/mol. The average molecular weight is 251 g/mol. The van der Waals surface area contributed by atoms with Crippen LogP contribution in [0.1, 0.15) is 24.9 Å². The van der Waals surface area contributed by atoms with Crippen LogP contribution in [0.25, 0.3) is 0 Å². The molecule has 0 saturated carbocycles. The molecule has 1 fully saturated rings. The zero-order valence-electron chi connectivity index (χ0n) is 10.8. The number of hydrogen-bond acceptors (Lipinski definition) is 3. The summed E-state index contributed by atoms with van der Waals surface area (Å²) in [6.07, 6.45) is 4.79. The molecule has 18 heavy (non-hydrogen) atoms. The predicted molar refractivity (Wildman–Crippen MR) is 69.1 cm³/mol. The molecule has 1 atom stereocenters. The van der Waals surface area contributed by atoms with Gasteiger partial charge in [-0.1, -0.05) is 6.92 Å². The molecule has 1 unspecified atom stereocenters. The summed E-state index contributed by atoms with van der Waals surface area (Å²) in [6, 6.07) is 2.05. The number of amides is 1. The first kappa shape index (κ1) is 13.1. The van der Waals surface area contributed by atoms with E-state index in [2.05, 4.69) is 6.92 Å². The van der Waals surface area contributed by atoms with Crippen LogP contribution in [0.3, 0.4) is 0 Å². The van der Waals surface area contributed by atoms with E-state index >= 15 is 0 Å². The molecule has 1 saturated heterocycles. The van der Waals surface area contributed by atoms with Gasteiger partial charge in [-0.25, -0.2) is 0 Å². The SMILES string of the molecule is CCC(N)c1ccn(CC(=O)N2CCOCC2)c1. The topological polar surface area (TPSA) is 60.5 Å². The Morgan fingerprint density at radius 1 is 1.50 bits per heavy atom. The van der Waals surface area contributed by atoms with E-state index in [4.69, 9.17) is 10.5 Å². The minimum Gasteiger partial charge on any atom is -0.378 e. The van der Waals surface area contributed by atoms with Crippen LogP contribution in [0.2, 0.25) is 0 Å². The molecule has 1 aliphatic rings. The van der Waals surface area contributed by atoms with Gasteiger partial charge in [-0.3, -0.25) is 4.79 Å². The molecule has 0 aromatic carbocycles. The fraction of sp³-hybridized carbons (Fsp3) is 0.615. The van der Waals surface area contributed by atoms with Crippen LogP contribution in [0, 0.1) is 0 Å². The molecule has 100 valence electrons. The molecular formula is C13H21N3O2. The van der Waals surface area contributed by atoms with Crippen LogP contribution in [-0.4, -0.2) is 41.7 Å². The van der Waals surface area contributed by atoms with Crippen LogP contribution >= 0.6 is 0 Å². The van der Waals surface area contributed by atoms with E-state index in [1.54, 1.807) is 0 Å². The fourth-order valence-electron chi connectivity index (χ4n) is 2.08. The van der Waals surface area contributed by atoms with Crippen molar-refractivity contribution in [3.8, 4) is 0 Å². The first-order valence-corrected chi connectivity index (χ1v) is 6.47. The van der Waals surface area contributed by atoms with Crippen LogP contribution in [0.4, 0.5) is 0 Å². The van der Waals surface area contributed by atoms with Gasteiger partial charge in [-0.15, -0.1) is 0 Å². The highest BCUT2D eigenvalue weighted by Gasteiger charge is 2.17. The zero-order valence-corrected chi connectivity index (χ0v) is 10.8. The number of carbonyl (C=O) groups is 1. The molecule has 0 spiro atoms. The number of hydrogen-bond donors (Lipinski definition) is 1. The van der Waals surface area contributed by atoms with Gasteiger partial charge < -0.3 is 19.9 Å². The lowest BCUT2D eigenvalue weighted by molar-refractivity contribution is -0.135. The van der Waals surface area contributed by atoms with E-state index in [0.717, 1.165) is 12.0 Å². The van der Waals surface area contributed by atoms with Crippen molar-refractivity contribution < 1.29 is 9.53 Å². The minimum atomic E-state index is 0.0599. The number of aromatic nitrogens is 1. The molecule has 5 heteroatoms. The maximum Gasteiger partial charge on any atom is 0.242 e. The summed E-state index contributed by atoms with van der Waals surface area (Å²) in [5, 5.41) is 0. The number of morpholine rings is 1. The van der Waals surface area contributed by atoms with Crippen molar-refractivity contribution in [1.29, 1.82) is 0 Å². The summed E-state index contributed by atoms with van der Waals surface area (Å²) in [5.41, 5.74) is 7.05. The Morgan fingerprint density at radius 3 is 2.89 bits per heavy atom. The Kier molecular flexibility index (Phi) is 4.38. The number of nitrogens with zero attached hydrogens (tertiary/aromatic N) is 2. The third kappa shape index (κ3) is 3.11. The quantitative estimate of drug-likeness (QED) is 0.859. The van der Waals surface area contributed by atoms with Gasteiger partial charge >= 0.3 is 0 Å². The maximum absolute atomic E-state index is 12.0. The van der Waals surface area contributed by atoms with E-state index in [-0.39, 0.29) is 11.9 Å². The molecule has 1 amide bonds. The van der Waals surface area contributed by atoms with E-state index in [1.165, 1.54) is 0 Å². The molecule has 0 radical (unpaired) electrons.